The molecule has 3 aliphatic rings. The van der Waals surface area contributed by atoms with Crippen LogP contribution in [0.15, 0.2) is 42.5 Å². The third-order valence-electron chi connectivity index (χ3n) is 8.94. The van der Waals surface area contributed by atoms with Crippen LogP contribution in [0.25, 0.3) is 22.2 Å². The Kier molecular flexibility index (Phi) is 6.96. The Bertz CT molecular complexity index is 1280. The second kappa shape index (κ2) is 10.5. The number of fused-ring (bicyclic) bond motifs is 5. The second-order valence-corrected chi connectivity index (χ2v) is 11.0. The Balaban J connectivity index is 1.43. The standard InChI is InChI=1S/C31H39N3O3/c1-2-24-21-37-19-18-32(24)14-15-33-16-17-34-28-20-23(31(35)36)12-13-25(28)29(22-8-4-3-5-9-22)30(34)26-10-6-7-11-27(26)33/h6-7,10-13,20,22,24H,2-5,8-9,14-19,21H2,1H3,(H,35,36). The number of hydrogen-bond acceptors (Lipinski definition) is 4. The number of benzene rings is 2. The van der Waals surface area contributed by atoms with E-state index < -0.39 is 5.97 Å². The van der Waals surface area contributed by atoms with Crippen molar-refractivity contribution < 1.29 is 14.6 Å². The summed E-state index contributed by atoms with van der Waals surface area (Å²) in [5, 5.41) is 11.0. The third-order valence-corrected chi connectivity index (χ3v) is 8.94. The molecule has 1 saturated heterocycles. The minimum absolute atomic E-state index is 0.371. The molecule has 1 atom stereocenters. The van der Waals surface area contributed by atoms with Gasteiger partial charge in [-0.25, -0.2) is 4.79 Å². The van der Waals surface area contributed by atoms with E-state index >= 15 is 0 Å². The van der Waals surface area contributed by atoms with Gasteiger partial charge in [-0.15, -0.1) is 0 Å². The quantitative estimate of drug-likeness (QED) is 0.450. The molecular weight excluding hydrogens is 462 g/mol. The molecule has 1 saturated carbocycles. The van der Waals surface area contributed by atoms with Crippen LogP contribution in [0, 0.1) is 0 Å². The first kappa shape index (κ1) is 24.5. The Morgan fingerprint density at radius 2 is 1.86 bits per heavy atom. The first-order valence-corrected chi connectivity index (χ1v) is 14.2. The fourth-order valence-electron chi connectivity index (χ4n) is 6.97. The van der Waals surface area contributed by atoms with Crippen molar-refractivity contribution in [1.82, 2.24) is 9.47 Å². The maximum absolute atomic E-state index is 11.9. The van der Waals surface area contributed by atoms with Crippen LogP contribution in [0.5, 0.6) is 0 Å². The van der Waals surface area contributed by atoms with Crippen LogP contribution in [0.4, 0.5) is 5.69 Å². The molecule has 6 heteroatoms. The highest BCUT2D eigenvalue weighted by molar-refractivity contribution is 5.99. The largest absolute Gasteiger partial charge is 0.478 e. The highest BCUT2D eigenvalue weighted by Crippen LogP contribution is 2.47. The lowest BCUT2D eigenvalue weighted by Crippen LogP contribution is -2.48. The predicted octanol–water partition coefficient (Wildman–Crippen LogP) is 5.99. The fraction of sp³-hybridized carbons (Fsp3) is 0.516. The number of carbonyl (C=O) groups is 1. The van der Waals surface area contributed by atoms with E-state index in [1.807, 2.05) is 6.07 Å². The molecule has 6 nitrogen and oxygen atoms in total. The Hall–Kier alpha value is -2.83. The molecule has 2 aromatic carbocycles. The first-order valence-electron chi connectivity index (χ1n) is 14.2. The molecule has 1 aliphatic carbocycles. The number of anilines is 1. The van der Waals surface area contributed by atoms with Crippen LogP contribution < -0.4 is 4.90 Å². The van der Waals surface area contributed by atoms with Gasteiger partial charge in [-0.3, -0.25) is 4.90 Å². The summed E-state index contributed by atoms with van der Waals surface area (Å²) in [5.41, 5.74) is 6.81. The maximum atomic E-state index is 11.9. The minimum atomic E-state index is -0.858. The molecule has 2 fully saturated rings. The molecule has 1 unspecified atom stereocenters. The highest BCUT2D eigenvalue weighted by atomic mass is 16.5. The van der Waals surface area contributed by atoms with Gasteiger partial charge in [0, 0.05) is 60.9 Å². The molecule has 0 radical (unpaired) electrons. The zero-order valence-electron chi connectivity index (χ0n) is 22.0. The van der Waals surface area contributed by atoms with Gasteiger partial charge in [-0.05, 0) is 48.9 Å². The average molecular weight is 502 g/mol. The van der Waals surface area contributed by atoms with Gasteiger partial charge in [0.15, 0.2) is 0 Å². The molecule has 3 aromatic rings. The van der Waals surface area contributed by atoms with Crippen molar-refractivity contribution in [1.29, 1.82) is 0 Å². The number of ether oxygens (including phenoxy) is 1. The smallest absolute Gasteiger partial charge is 0.335 e. The van der Waals surface area contributed by atoms with E-state index in [0.29, 0.717) is 17.5 Å². The SMILES string of the molecule is CCC1COCCN1CCN1CCn2c(c(C3CCCCC3)c3ccc(C(=O)O)cc32)-c2ccccc21. The van der Waals surface area contributed by atoms with Crippen molar-refractivity contribution in [3.05, 3.63) is 53.6 Å². The molecule has 196 valence electrons. The summed E-state index contributed by atoms with van der Waals surface area (Å²) in [6.07, 6.45) is 7.41. The van der Waals surface area contributed by atoms with Gasteiger partial charge in [-0.2, -0.15) is 0 Å². The average Bonchev–Trinajstić information content (AvgIpc) is 3.17. The number of nitrogens with zero attached hydrogens (tertiary/aromatic N) is 3. The normalized spacial score (nSPS) is 21.0. The van der Waals surface area contributed by atoms with E-state index in [0.717, 1.165) is 57.9 Å². The summed E-state index contributed by atoms with van der Waals surface area (Å²) in [5.74, 6) is -0.329. The maximum Gasteiger partial charge on any atom is 0.335 e. The predicted molar refractivity (Wildman–Crippen MR) is 149 cm³/mol. The number of carboxylic acids is 1. The van der Waals surface area contributed by atoms with E-state index in [1.165, 1.54) is 60.0 Å². The van der Waals surface area contributed by atoms with Gasteiger partial charge in [-0.1, -0.05) is 50.5 Å². The van der Waals surface area contributed by atoms with Crippen molar-refractivity contribution in [2.75, 3.05) is 44.3 Å². The van der Waals surface area contributed by atoms with Gasteiger partial charge in [0.1, 0.15) is 0 Å². The molecule has 1 N–H and O–H groups in total. The number of carboxylic acid groups (broad SMARTS) is 1. The van der Waals surface area contributed by atoms with Gasteiger partial charge >= 0.3 is 5.97 Å². The number of para-hydroxylation sites is 1. The van der Waals surface area contributed by atoms with Crippen LogP contribution in [0.2, 0.25) is 0 Å². The number of morpholine rings is 1. The molecule has 0 bridgehead atoms. The van der Waals surface area contributed by atoms with Crippen molar-refractivity contribution >= 4 is 22.6 Å². The molecule has 37 heavy (non-hydrogen) atoms. The van der Waals surface area contributed by atoms with Gasteiger partial charge in [0.05, 0.1) is 24.5 Å². The van der Waals surface area contributed by atoms with Crippen LogP contribution in [0.3, 0.4) is 0 Å². The molecule has 6 rings (SSSR count). The Morgan fingerprint density at radius 3 is 2.68 bits per heavy atom. The molecule has 0 spiro atoms. The molecule has 3 heterocycles. The number of aromatic nitrogens is 1. The molecule has 2 aliphatic heterocycles. The molecular formula is C31H39N3O3. The van der Waals surface area contributed by atoms with E-state index in [-0.39, 0.29) is 0 Å². The number of rotatable bonds is 6. The van der Waals surface area contributed by atoms with E-state index in [1.54, 1.807) is 6.07 Å². The summed E-state index contributed by atoms with van der Waals surface area (Å²) >= 11 is 0. The monoisotopic (exact) mass is 501 g/mol. The van der Waals surface area contributed by atoms with Gasteiger partial charge in [0.2, 0.25) is 0 Å². The van der Waals surface area contributed by atoms with Crippen molar-refractivity contribution in [3.63, 3.8) is 0 Å². The number of aromatic carboxylic acids is 1. The Labute approximate surface area is 219 Å². The van der Waals surface area contributed by atoms with Crippen LogP contribution in [0.1, 0.15) is 67.3 Å². The lowest BCUT2D eigenvalue weighted by atomic mass is 9.81. The summed E-state index contributed by atoms with van der Waals surface area (Å²) < 4.78 is 8.18. The zero-order chi connectivity index (χ0) is 25.4. The summed E-state index contributed by atoms with van der Waals surface area (Å²) in [4.78, 5) is 17.0. The second-order valence-electron chi connectivity index (χ2n) is 11.0. The number of hydrogen-bond donors (Lipinski definition) is 1. The van der Waals surface area contributed by atoms with Crippen molar-refractivity contribution in [2.45, 2.75) is 64.0 Å². The third kappa shape index (κ3) is 4.55. The van der Waals surface area contributed by atoms with Crippen LogP contribution in [-0.4, -0.2) is 66.0 Å². The lowest BCUT2D eigenvalue weighted by molar-refractivity contribution is -0.00713. The Morgan fingerprint density at radius 1 is 1.03 bits per heavy atom. The minimum Gasteiger partial charge on any atom is -0.478 e. The summed E-state index contributed by atoms with van der Waals surface area (Å²) in [7, 11) is 0. The lowest BCUT2D eigenvalue weighted by Gasteiger charge is -2.37. The molecule has 0 amide bonds. The summed E-state index contributed by atoms with van der Waals surface area (Å²) in [6, 6.07) is 15.2. The van der Waals surface area contributed by atoms with E-state index in [2.05, 4.69) is 51.6 Å². The fourth-order valence-corrected chi connectivity index (χ4v) is 6.97. The van der Waals surface area contributed by atoms with Crippen molar-refractivity contribution in [2.24, 2.45) is 0 Å². The van der Waals surface area contributed by atoms with E-state index in [4.69, 9.17) is 4.74 Å². The highest BCUT2D eigenvalue weighted by Gasteiger charge is 2.31. The van der Waals surface area contributed by atoms with Crippen LogP contribution >= 0.6 is 0 Å². The first-order chi connectivity index (χ1) is 18.2. The topological polar surface area (TPSA) is 57.9 Å². The van der Waals surface area contributed by atoms with E-state index in [9.17, 15) is 9.90 Å². The summed E-state index contributed by atoms with van der Waals surface area (Å²) in [6.45, 7) is 8.70. The van der Waals surface area contributed by atoms with Crippen molar-refractivity contribution in [3.8, 4) is 11.3 Å². The van der Waals surface area contributed by atoms with Gasteiger partial charge < -0.3 is 19.3 Å². The van der Waals surface area contributed by atoms with Gasteiger partial charge in [0.25, 0.3) is 0 Å². The van der Waals surface area contributed by atoms with Crippen LogP contribution in [-0.2, 0) is 11.3 Å². The molecule has 1 aromatic heterocycles. The zero-order valence-corrected chi connectivity index (χ0v) is 22.0.